The van der Waals surface area contributed by atoms with Crippen LogP contribution in [0.15, 0.2) is 0 Å². The van der Waals surface area contributed by atoms with Crippen LogP contribution in [0.3, 0.4) is 0 Å². The molecule has 1 aliphatic heterocycles. The maximum atomic E-state index is 11.0. The van der Waals surface area contributed by atoms with E-state index in [-0.39, 0.29) is 0 Å². The van der Waals surface area contributed by atoms with Crippen LogP contribution < -0.4 is 4.90 Å². The van der Waals surface area contributed by atoms with Crippen LogP contribution >= 0.6 is 22.6 Å². The second kappa shape index (κ2) is 8.13. The lowest BCUT2D eigenvalue weighted by Crippen LogP contribution is -2.49. The number of hydrogen-bond acceptors (Lipinski definition) is 6. The van der Waals surface area contributed by atoms with Crippen LogP contribution in [-0.2, 0) is 20.9 Å². The van der Waals surface area contributed by atoms with Gasteiger partial charge in [0.2, 0.25) is 6.29 Å². The third kappa shape index (κ3) is 3.87. The summed E-state index contributed by atoms with van der Waals surface area (Å²) in [6, 6.07) is 0. The summed E-state index contributed by atoms with van der Waals surface area (Å²) in [5.41, 5.74) is 0.684. The maximum absolute atomic E-state index is 11.0. The molecule has 0 atom stereocenters. The maximum Gasteiger partial charge on any atom is 0.407 e. The van der Waals surface area contributed by atoms with Gasteiger partial charge in [0.15, 0.2) is 0 Å². The van der Waals surface area contributed by atoms with Crippen LogP contribution in [0.5, 0.6) is 0 Å². The molecule has 10 heteroatoms. The molecule has 0 aliphatic carbocycles. The van der Waals surface area contributed by atoms with Crippen molar-refractivity contribution in [2.45, 2.75) is 13.0 Å². The fraction of sp³-hybridized carbons (Fsp3) is 0.692. The molecule has 0 bridgehead atoms. The average Bonchev–Trinajstić information content (AvgIpc) is 2.86. The SMILES string of the molecule is COCn1nc(C(OC)OC)c(I)c1N1CCN(C(=O)O)CC1. The van der Waals surface area contributed by atoms with Crippen molar-refractivity contribution in [3.05, 3.63) is 9.26 Å². The van der Waals surface area contributed by atoms with Crippen molar-refractivity contribution in [3.63, 3.8) is 0 Å². The van der Waals surface area contributed by atoms with Crippen molar-refractivity contribution in [3.8, 4) is 0 Å². The van der Waals surface area contributed by atoms with Gasteiger partial charge in [-0.25, -0.2) is 9.48 Å². The van der Waals surface area contributed by atoms with Crippen molar-refractivity contribution < 1.29 is 24.1 Å². The van der Waals surface area contributed by atoms with Crippen LogP contribution in [0.1, 0.15) is 12.0 Å². The summed E-state index contributed by atoms with van der Waals surface area (Å²) in [6.45, 7) is 2.40. The predicted octanol–water partition coefficient (Wildman–Crippen LogP) is 1.18. The highest BCUT2D eigenvalue weighted by Crippen LogP contribution is 2.31. The highest BCUT2D eigenvalue weighted by atomic mass is 127. The summed E-state index contributed by atoms with van der Waals surface area (Å²) < 4.78 is 18.5. The molecule has 1 fully saturated rings. The first kappa shape index (κ1) is 18.2. The summed E-state index contributed by atoms with van der Waals surface area (Å²) in [5, 5.41) is 13.6. The number of hydrogen-bond donors (Lipinski definition) is 1. The number of halogens is 1. The minimum Gasteiger partial charge on any atom is -0.465 e. The Labute approximate surface area is 148 Å². The molecule has 1 aromatic rings. The Bertz CT molecular complexity index is 541. The number of methoxy groups -OCH3 is 3. The smallest absolute Gasteiger partial charge is 0.407 e. The molecule has 0 spiro atoms. The van der Waals surface area contributed by atoms with Crippen molar-refractivity contribution in [1.29, 1.82) is 0 Å². The van der Waals surface area contributed by atoms with E-state index >= 15 is 0 Å². The van der Waals surface area contributed by atoms with Gasteiger partial charge in [0.05, 0.1) is 3.57 Å². The molecule has 130 valence electrons. The van der Waals surface area contributed by atoms with E-state index in [2.05, 4.69) is 32.6 Å². The zero-order valence-electron chi connectivity index (χ0n) is 13.4. The number of nitrogens with zero attached hydrogens (tertiary/aromatic N) is 4. The van der Waals surface area contributed by atoms with E-state index in [9.17, 15) is 4.79 Å². The Hall–Kier alpha value is -1.11. The molecule has 9 nitrogen and oxygen atoms in total. The van der Waals surface area contributed by atoms with E-state index in [4.69, 9.17) is 19.3 Å². The zero-order valence-corrected chi connectivity index (χ0v) is 15.5. The quantitative estimate of drug-likeness (QED) is 0.525. The number of carboxylic acid groups (broad SMARTS) is 1. The Morgan fingerprint density at radius 1 is 1.26 bits per heavy atom. The number of carbonyl (C=O) groups is 1. The molecule has 23 heavy (non-hydrogen) atoms. The molecular formula is C13H21IN4O5. The Kier molecular flexibility index (Phi) is 6.44. The first-order chi connectivity index (χ1) is 11.0. The van der Waals surface area contributed by atoms with Gasteiger partial charge in [-0.05, 0) is 22.6 Å². The Morgan fingerprint density at radius 2 is 1.87 bits per heavy atom. The summed E-state index contributed by atoms with van der Waals surface area (Å²) in [7, 11) is 4.72. The fourth-order valence-corrected chi connectivity index (χ4v) is 3.52. The number of anilines is 1. The summed E-state index contributed by atoms with van der Waals surface area (Å²) in [5.74, 6) is 0.895. The lowest BCUT2D eigenvalue weighted by molar-refractivity contribution is -0.109. The van der Waals surface area contributed by atoms with E-state index in [1.807, 2.05) is 0 Å². The minimum absolute atomic E-state index is 0.296. The van der Waals surface area contributed by atoms with Crippen molar-refractivity contribution in [2.24, 2.45) is 0 Å². The average molecular weight is 440 g/mol. The van der Waals surface area contributed by atoms with Gasteiger partial charge in [0, 0.05) is 47.5 Å². The molecule has 0 saturated carbocycles. The van der Waals surface area contributed by atoms with Gasteiger partial charge in [0.1, 0.15) is 18.2 Å². The molecule has 1 aromatic heterocycles. The zero-order chi connectivity index (χ0) is 17.0. The number of aromatic nitrogens is 2. The minimum atomic E-state index is -0.885. The fourth-order valence-electron chi connectivity index (χ4n) is 2.54. The van der Waals surface area contributed by atoms with Crippen molar-refractivity contribution in [2.75, 3.05) is 52.4 Å². The van der Waals surface area contributed by atoms with Crippen LogP contribution in [-0.4, -0.2) is 73.4 Å². The van der Waals surface area contributed by atoms with E-state index in [1.165, 1.54) is 4.90 Å². The van der Waals surface area contributed by atoms with Crippen molar-refractivity contribution >= 4 is 34.5 Å². The van der Waals surface area contributed by atoms with E-state index < -0.39 is 12.4 Å². The second-order valence-corrected chi connectivity index (χ2v) is 6.08. The van der Waals surface area contributed by atoms with Gasteiger partial charge in [0.25, 0.3) is 0 Å². The number of rotatable bonds is 6. The summed E-state index contributed by atoms with van der Waals surface area (Å²) in [6.07, 6.45) is -1.44. The number of piperazine rings is 1. The molecule has 1 amide bonds. The van der Waals surface area contributed by atoms with Crippen LogP contribution in [0.25, 0.3) is 0 Å². The highest BCUT2D eigenvalue weighted by molar-refractivity contribution is 14.1. The first-order valence-electron chi connectivity index (χ1n) is 7.07. The first-order valence-corrected chi connectivity index (χ1v) is 8.14. The Morgan fingerprint density at radius 3 is 2.35 bits per heavy atom. The lowest BCUT2D eigenvalue weighted by atomic mass is 10.3. The van der Waals surface area contributed by atoms with Crippen LogP contribution in [0.2, 0.25) is 0 Å². The van der Waals surface area contributed by atoms with Crippen LogP contribution in [0, 0.1) is 3.57 Å². The second-order valence-electron chi connectivity index (χ2n) is 5.00. The third-order valence-corrected chi connectivity index (χ3v) is 4.68. The predicted molar refractivity (Wildman–Crippen MR) is 90.5 cm³/mol. The molecule has 0 radical (unpaired) electrons. The van der Waals surface area contributed by atoms with Gasteiger partial charge in [-0.15, -0.1) is 0 Å². The summed E-state index contributed by atoms with van der Waals surface area (Å²) in [4.78, 5) is 14.6. The van der Waals surface area contributed by atoms with Crippen LogP contribution in [0.4, 0.5) is 10.6 Å². The lowest BCUT2D eigenvalue weighted by Gasteiger charge is -2.34. The van der Waals surface area contributed by atoms with Gasteiger partial charge < -0.3 is 29.1 Å². The Balaban J connectivity index is 2.28. The summed E-state index contributed by atoms with van der Waals surface area (Å²) >= 11 is 2.21. The number of ether oxygens (including phenoxy) is 3. The molecule has 1 aliphatic rings. The van der Waals surface area contributed by atoms with E-state index in [0.29, 0.717) is 38.6 Å². The monoisotopic (exact) mass is 440 g/mol. The molecule has 2 heterocycles. The van der Waals surface area contributed by atoms with E-state index in [0.717, 1.165) is 9.39 Å². The number of amides is 1. The van der Waals surface area contributed by atoms with E-state index in [1.54, 1.807) is 26.0 Å². The molecule has 0 unspecified atom stereocenters. The molecule has 0 aromatic carbocycles. The van der Waals surface area contributed by atoms with Gasteiger partial charge >= 0.3 is 6.09 Å². The van der Waals surface area contributed by atoms with Gasteiger partial charge in [-0.1, -0.05) is 0 Å². The normalized spacial score (nSPS) is 15.5. The molecular weight excluding hydrogens is 419 g/mol. The molecule has 2 rings (SSSR count). The highest BCUT2D eigenvalue weighted by Gasteiger charge is 2.29. The van der Waals surface area contributed by atoms with Gasteiger partial charge in [-0.3, -0.25) is 0 Å². The van der Waals surface area contributed by atoms with Gasteiger partial charge in [-0.2, -0.15) is 5.10 Å². The standard InChI is InChI=1S/C13H21IN4O5/c1-21-8-18-11(9(14)10(15-18)12(22-2)23-3)16-4-6-17(7-5-16)13(19)20/h12H,4-8H2,1-3H3,(H,19,20). The molecule has 1 N–H and O–H groups in total. The third-order valence-electron chi connectivity index (χ3n) is 3.65. The largest absolute Gasteiger partial charge is 0.465 e. The molecule has 1 saturated heterocycles. The van der Waals surface area contributed by atoms with Crippen molar-refractivity contribution in [1.82, 2.24) is 14.7 Å². The topological polar surface area (TPSA) is 89.3 Å².